The molecular formula is C20H33N5. The first kappa shape index (κ1) is 17.2. The van der Waals surface area contributed by atoms with Crippen LogP contribution in [0.25, 0.3) is 0 Å². The van der Waals surface area contributed by atoms with Crippen molar-refractivity contribution in [2.75, 3.05) is 37.6 Å². The van der Waals surface area contributed by atoms with Gasteiger partial charge >= 0.3 is 0 Å². The lowest BCUT2D eigenvalue weighted by Gasteiger charge is -2.37. The van der Waals surface area contributed by atoms with Crippen LogP contribution in [-0.2, 0) is 0 Å². The molecule has 3 aliphatic rings. The topological polar surface area (TPSA) is 44.3 Å². The molecule has 0 unspecified atom stereocenters. The fraction of sp³-hybridized carbons (Fsp3) is 0.800. The van der Waals surface area contributed by atoms with Crippen LogP contribution < -0.4 is 10.2 Å². The zero-order valence-corrected chi connectivity index (χ0v) is 16.0. The fourth-order valence-corrected chi connectivity index (χ4v) is 4.83. The number of rotatable bonds is 3. The largest absolute Gasteiger partial charge is 0.356 e. The quantitative estimate of drug-likeness (QED) is 0.914. The first-order valence-corrected chi connectivity index (χ1v) is 10.2. The van der Waals surface area contributed by atoms with Gasteiger partial charge in [0, 0.05) is 55.9 Å². The molecule has 3 fully saturated rings. The van der Waals surface area contributed by atoms with E-state index in [1.807, 2.05) is 0 Å². The number of piperidine rings is 2. The number of nitrogens with zero attached hydrogens (tertiary/aromatic N) is 4. The SMILES string of the molecule is Cc1cc(N2CCC(N3C[C@@H]4CCCN[C@@H]4C3)CC2)nc(C(C)C)n1. The molecule has 1 N–H and O–H groups in total. The van der Waals surface area contributed by atoms with Gasteiger partial charge in [0.25, 0.3) is 0 Å². The maximum Gasteiger partial charge on any atom is 0.133 e. The standard InChI is InChI=1S/C20H33N5/c1-14(2)20-22-15(3)11-19(23-20)24-9-6-17(7-10-24)25-12-16-5-4-8-21-18(16)13-25/h11,14,16-18,21H,4-10,12-13H2,1-3H3/t16-,18+/m0/s1. The molecule has 0 radical (unpaired) electrons. The van der Waals surface area contributed by atoms with E-state index >= 15 is 0 Å². The number of likely N-dealkylation sites (tertiary alicyclic amines) is 1. The summed E-state index contributed by atoms with van der Waals surface area (Å²) in [5.74, 6) is 3.39. The average Bonchev–Trinajstić information content (AvgIpc) is 3.05. The van der Waals surface area contributed by atoms with Crippen LogP contribution >= 0.6 is 0 Å². The molecule has 138 valence electrons. The number of aromatic nitrogens is 2. The Kier molecular flexibility index (Phi) is 4.96. The molecule has 1 aromatic heterocycles. The van der Waals surface area contributed by atoms with E-state index in [0.29, 0.717) is 5.92 Å². The van der Waals surface area contributed by atoms with E-state index in [4.69, 9.17) is 4.98 Å². The second-order valence-corrected chi connectivity index (χ2v) is 8.52. The van der Waals surface area contributed by atoms with Crippen LogP contribution in [0.5, 0.6) is 0 Å². The summed E-state index contributed by atoms with van der Waals surface area (Å²) in [5.41, 5.74) is 1.09. The predicted molar refractivity (Wildman–Crippen MR) is 102 cm³/mol. The lowest BCUT2D eigenvalue weighted by molar-refractivity contribution is 0.199. The molecule has 2 atom stereocenters. The highest BCUT2D eigenvalue weighted by Gasteiger charge is 2.38. The number of nitrogens with one attached hydrogen (secondary N) is 1. The van der Waals surface area contributed by atoms with Crippen LogP contribution in [0.2, 0.25) is 0 Å². The molecule has 0 aromatic carbocycles. The smallest absolute Gasteiger partial charge is 0.133 e. The van der Waals surface area contributed by atoms with Gasteiger partial charge in [0.1, 0.15) is 11.6 Å². The molecule has 0 bridgehead atoms. The Hall–Kier alpha value is -1.20. The average molecular weight is 344 g/mol. The third kappa shape index (κ3) is 3.68. The molecule has 3 aliphatic heterocycles. The Morgan fingerprint density at radius 3 is 2.64 bits per heavy atom. The summed E-state index contributed by atoms with van der Waals surface area (Å²) in [4.78, 5) is 14.7. The first-order valence-electron chi connectivity index (χ1n) is 10.2. The minimum absolute atomic E-state index is 0.386. The van der Waals surface area contributed by atoms with Gasteiger partial charge in [-0.1, -0.05) is 13.8 Å². The zero-order chi connectivity index (χ0) is 17.4. The van der Waals surface area contributed by atoms with Crippen molar-refractivity contribution in [1.29, 1.82) is 0 Å². The molecular weight excluding hydrogens is 310 g/mol. The summed E-state index contributed by atoms with van der Waals surface area (Å²) < 4.78 is 0. The zero-order valence-electron chi connectivity index (χ0n) is 16.0. The lowest BCUT2D eigenvalue weighted by atomic mass is 9.94. The van der Waals surface area contributed by atoms with Crippen molar-refractivity contribution < 1.29 is 0 Å². The van der Waals surface area contributed by atoms with Crippen LogP contribution in [0, 0.1) is 12.8 Å². The molecule has 4 rings (SSSR count). The summed E-state index contributed by atoms with van der Waals surface area (Å²) in [6.07, 6.45) is 5.31. The van der Waals surface area contributed by atoms with Gasteiger partial charge in [-0.2, -0.15) is 0 Å². The third-order valence-corrected chi connectivity index (χ3v) is 6.31. The maximum absolute atomic E-state index is 4.83. The van der Waals surface area contributed by atoms with E-state index in [1.54, 1.807) is 0 Å². The van der Waals surface area contributed by atoms with Crippen molar-refractivity contribution in [3.8, 4) is 0 Å². The summed E-state index contributed by atoms with van der Waals surface area (Å²) in [5, 5.41) is 3.74. The van der Waals surface area contributed by atoms with E-state index in [0.717, 1.165) is 48.4 Å². The fourth-order valence-electron chi connectivity index (χ4n) is 4.83. The Bertz CT molecular complexity index is 580. The van der Waals surface area contributed by atoms with Crippen molar-refractivity contribution in [3.63, 3.8) is 0 Å². The van der Waals surface area contributed by atoms with Crippen molar-refractivity contribution in [3.05, 3.63) is 17.6 Å². The monoisotopic (exact) mass is 343 g/mol. The molecule has 4 heterocycles. The number of anilines is 1. The molecule has 3 saturated heterocycles. The normalized spacial score (nSPS) is 28.6. The van der Waals surface area contributed by atoms with Crippen LogP contribution in [0.1, 0.15) is 57.0 Å². The Labute approximate surface area is 152 Å². The van der Waals surface area contributed by atoms with E-state index in [2.05, 4.69) is 46.9 Å². The van der Waals surface area contributed by atoms with Gasteiger partial charge in [0.15, 0.2) is 0 Å². The minimum Gasteiger partial charge on any atom is -0.356 e. The van der Waals surface area contributed by atoms with Gasteiger partial charge in [-0.05, 0) is 45.1 Å². The van der Waals surface area contributed by atoms with E-state index in [9.17, 15) is 0 Å². The summed E-state index contributed by atoms with van der Waals surface area (Å²) in [6, 6.07) is 3.67. The van der Waals surface area contributed by atoms with Crippen molar-refractivity contribution >= 4 is 5.82 Å². The van der Waals surface area contributed by atoms with Gasteiger partial charge in [-0.15, -0.1) is 0 Å². The van der Waals surface area contributed by atoms with E-state index in [-0.39, 0.29) is 0 Å². The first-order chi connectivity index (χ1) is 12.1. The Morgan fingerprint density at radius 2 is 1.92 bits per heavy atom. The third-order valence-electron chi connectivity index (χ3n) is 6.31. The van der Waals surface area contributed by atoms with Crippen LogP contribution in [0.4, 0.5) is 5.82 Å². The Balaban J connectivity index is 1.37. The van der Waals surface area contributed by atoms with Crippen LogP contribution in [-0.4, -0.2) is 59.7 Å². The molecule has 0 spiro atoms. The molecule has 5 heteroatoms. The molecule has 5 nitrogen and oxygen atoms in total. The number of hydrogen-bond acceptors (Lipinski definition) is 5. The lowest BCUT2D eigenvalue weighted by Crippen LogP contribution is -2.45. The summed E-state index contributed by atoms with van der Waals surface area (Å²) >= 11 is 0. The van der Waals surface area contributed by atoms with Crippen LogP contribution in [0.15, 0.2) is 6.07 Å². The van der Waals surface area contributed by atoms with E-state index in [1.165, 1.54) is 45.3 Å². The van der Waals surface area contributed by atoms with Crippen LogP contribution in [0.3, 0.4) is 0 Å². The highest BCUT2D eigenvalue weighted by Crippen LogP contribution is 2.30. The molecule has 1 aromatic rings. The predicted octanol–water partition coefficient (Wildman–Crippen LogP) is 2.56. The van der Waals surface area contributed by atoms with Gasteiger partial charge in [0.05, 0.1) is 0 Å². The molecule has 25 heavy (non-hydrogen) atoms. The van der Waals surface area contributed by atoms with Gasteiger partial charge < -0.3 is 10.2 Å². The number of aryl methyl sites for hydroxylation is 1. The van der Waals surface area contributed by atoms with Crippen molar-refractivity contribution in [1.82, 2.24) is 20.2 Å². The number of hydrogen-bond donors (Lipinski definition) is 1. The van der Waals surface area contributed by atoms with Gasteiger partial charge in [-0.3, -0.25) is 4.90 Å². The highest BCUT2D eigenvalue weighted by molar-refractivity contribution is 5.40. The van der Waals surface area contributed by atoms with Gasteiger partial charge in [-0.25, -0.2) is 9.97 Å². The second-order valence-electron chi connectivity index (χ2n) is 8.52. The summed E-state index contributed by atoms with van der Waals surface area (Å²) in [7, 11) is 0. The molecule has 0 aliphatic carbocycles. The number of fused-ring (bicyclic) bond motifs is 1. The van der Waals surface area contributed by atoms with Gasteiger partial charge in [0.2, 0.25) is 0 Å². The minimum atomic E-state index is 0.386. The second kappa shape index (κ2) is 7.20. The molecule has 0 saturated carbocycles. The highest BCUT2D eigenvalue weighted by atomic mass is 15.3. The van der Waals surface area contributed by atoms with Crippen molar-refractivity contribution in [2.24, 2.45) is 5.92 Å². The maximum atomic E-state index is 4.83. The Morgan fingerprint density at radius 1 is 1.12 bits per heavy atom. The van der Waals surface area contributed by atoms with Crippen molar-refractivity contribution in [2.45, 2.75) is 64.5 Å². The molecule has 0 amide bonds. The summed E-state index contributed by atoms with van der Waals surface area (Å²) in [6.45, 7) is 12.5. The van der Waals surface area contributed by atoms with E-state index < -0.39 is 0 Å².